The molecule has 0 spiro atoms. The molecule has 3 aromatic rings. The number of carbonyl (C=O) groups is 1. The lowest BCUT2D eigenvalue weighted by Gasteiger charge is -2.12. The highest BCUT2D eigenvalue weighted by molar-refractivity contribution is 9.11. The van der Waals surface area contributed by atoms with E-state index in [1.165, 1.54) is 29.7 Å². The minimum Gasteiger partial charge on any atom is -0.267 e. The van der Waals surface area contributed by atoms with Crippen molar-refractivity contribution < 1.29 is 18.0 Å². The normalized spacial score (nSPS) is 11.8. The van der Waals surface area contributed by atoms with Crippen LogP contribution in [0.15, 0.2) is 57.5 Å². The second kappa shape index (κ2) is 7.42. The number of nitrogens with one attached hydrogen (secondary N) is 1. The number of nitrogens with zero attached hydrogens (tertiary/aromatic N) is 3. The van der Waals surface area contributed by atoms with Crippen LogP contribution in [0.2, 0.25) is 0 Å². The van der Waals surface area contributed by atoms with E-state index in [1.807, 2.05) is 0 Å². The Morgan fingerprint density at radius 3 is 2.58 bits per heavy atom. The largest absolute Gasteiger partial charge is 0.434 e. The number of hydrazone groups is 1. The maximum atomic E-state index is 13.5. The fourth-order valence-electron chi connectivity index (χ4n) is 2.16. The first-order valence-electron chi connectivity index (χ1n) is 7.15. The van der Waals surface area contributed by atoms with Gasteiger partial charge in [0.1, 0.15) is 0 Å². The number of para-hydroxylation sites is 1. The van der Waals surface area contributed by atoms with E-state index < -0.39 is 23.3 Å². The third-order valence-corrected chi connectivity index (χ3v) is 4.79. The SMILES string of the molecule is O=C(N/N=C/c1ccc(Br)s1)c1cnn(-c2ccccc2)c1C(F)(F)F. The summed E-state index contributed by atoms with van der Waals surface area (Å²) < 4.78 is 42.0. The molecule has 0 bridgehead atoms. The Morgan fingerprint density at radius 1 is 1.23 bits per heavy atom. The second-order valence-corrected chi connectivity index (χ2v) is 7.49. The molecule has 26 heavy (non-hydrogen) atoms. The van der Waals surface area contributed by atoms with Crippen LogP contribution in [0.4, 0.5) is 13.2 Å². The first-order chi connectivity index (χ1) is 12.4. The van der Waals surface area contributed by atoms with Gasteiger partial charge in [0.05, 0.1) is 27.4 Å². The molecule has 0 aliphatic heterocycles. The van der Waals surface area contributed by atoms with Crippen molar-refractivity contribution in [3.63, 3.8) is 0 Å². The zero-order valence-electron chi connectivity index (χ0n) is 12.9. The zero-order chi connectivity index (χ0) is 18.7. The van der Waals surface area contributed by atoms with Crippen molar-refractivity contribution in [2.45, 2.75) is 6.18 Å². The van der Waals surface area contributed by atoms with E-state index in [1.54, 1.807) is 30.3 Å². The Balaban J connectivity index is 1.88. The number of halogens is 4. The van der Waals surface area contributed by atoms with E-state index in [-0.39, 0.29) is 5.69 Å². The van der Waals surface area contributed by atoms with Crippen LogP contribution in [0.25, 0.3) is 5.69 Å². The summed E-state index contributed by atoms with van der Waals surface area (Å²) in [5, 5.41) is 7.42. The van der Waals surface area contributed by atoms with E-state index in [4.69, 9.17) is 0 Å². The molecular formula is C16H10BrF3N4OS. The van der Waals surface area contributed by atoms with Crippen LogP contribution in [0.5, 0.6) is 0 Å². The summed E-state index contributed by atoms with van der Waals surface area (Å²) in [5.74, 6) is -0.994. The molecule has 0 saturated heterocycles. The highest BCUT2D eigenvalue weighted by Crippen LogP contribution is 2.33. The van der Waals surface area contributed by atoms with Crippen molar-refractivity contribution in [1.29, 1.82) is 0 Å². The van der Waals surface area contributed by atoms with Crippen molar-refractivity contribution in [1.82, 2.24) is 15.2 Å². The molecule has 2 heterocycles. The number of hydrogen-bond donors (Lipinski definition) is 1. The lowest BCUT2D eigenvalue weighted by Crippen LogP contribution is -2.23. The Bertz CT molecular complexity index is 950. The van der Waals surface area contributed by atoms with Crippen molar-refractivity contribution in [2.24, 2.45) is 5.10 Å². The monoisotopic (exact) mass is 442 g/mol. The van der Waals surface area contributed by atoms with Crippen LogP contribution in [-0.2, 0) is 6.18 Å². The molecule has 0 atom stereocenters. The molecule has 0 unspecified atom stereocenters. The maximum absolute atomic E-state index is 13.5. The molecular weight excluding hydrogens is 433 g/mol. The van der Waals surface area contributed by atoms with Gasteiger partial charge in [-0.1, -0.05) is 18.2 Å². The molecule has 5 nitrogen and oxygen atoms in total. The van der Waals surface area contributed by atoms with E-state index in [9.17, 15) is 18.0 Å². The summed E-state index contributed by atoms with van der Waals surface area (Å²) in [5.41, 5.74) is 0.540. The molecule has 0 saturated carbocycles. The molecule has 1 N–H and O–H groups in total. The number of benzene rings is 1. The van der Waals surface area contributed by atoms with Crippen LogP contribution in [0, 0.1) is 0 Å². The number of alkyl halides is 3. The van der Waals surface area contributed by atoms with Crippen LogP contribution in [-0.4, -0.2) is 21.9 Å². The summed E-state index contributed by atoms with van der Waals surface area (Å²) in [6.07, 6.45) is -2.54. The molecule has 134 valence electrons. The van der Waals surface area contributed by atoms with Crippen molar-refractivity contribution in [3.8, 4) is 5.69 Å². The Kier molecular flexibility index (Phi) is 5.23. The molecule has 0 aliphatic rings. The number of rotatable bonds is 4. The van der Waals surface area contributed by atoms with Gasteiger partial charge in [-0.25, -0.2) is 10.1 Å². The molecule has 0 radical (unpaired) electrons. The van der Waals surface area contributed by atoms with Crippen molar-refractivity contribution in [2.75, 3.05) is 0 Å². The molecule has 0 fully saturated rings. The van der Waals surface area contributed by atoms with Gasteiger partial charge in [0, 0.05) is 4.88 Å². The van der Waals surface area contributed by atoms with Gasteiger partial charge >= 0.3 is 6.18 Å². The number of carbonyl (C=O) groups excluding carboxylic acids is 1. The van der Waals surface area contributed by atoms with Crippen LogP contribution in [0.3, 0.4) is 0 Å². The van der Waals surface area contributed by atoms with E-state index in [0.29, 0.717) is 4.68 Å². The fraction of sp³-hybridized carbons (Fsp3) is 0.0625. The van der Waals surface area contributed by atoms with Gasteiger partial charge in [-0.15, -0.1) is 11.3 Å². The average molecular weight is 443 g/mol. The smallest absolute Gasteiger partial charge is 0.267 e. The predicted molar refractivity (Wildman–Crippen MR) is 95.6 cm³/mol. The van der Waals surface area contributed by atoms with Crippen LogP contribution >= 0.6 is 27.3 Å². The molecule has 1 amide bonds. The van der Waals surface area contributed by atoms with Gasteiger partial charge in [-0.2, -0.15) is 23.4 Å². The van der Waals surface area contributed by atoms with Gasteiger partial charge in [0.15, 0.2) is 5.69 Å². The highest BCUT2D eigenvalue weighted by atomic mass is 79.9. The number of amides is 1. The van der Waals surface area contributed by atoms with E-state index in [0.717, 1.165) is 14.9 Å². The number of thiophene rings is 1. The van der Waals surface area contributed by atoms with Crippen LogP contribution in [0.1, 0.15) is 20.9 Å². The molecule has 2 aromatic heterocycles. The third-order valence-electron chi connectivity index (χ3n) is 3.23. The lowest BCUT2D eigenvalue weighted by atomic mass is 10.2. The van der Waals surface area contributed by atoms with Crippen molar-refractivity contribution >= 4 is 39.4 Å². The fourth-order valence-corrected chi connectivity index (χ4v) is 3.46. The van der Waals surface area contributed by atoms with Gasteiger partial charge in [-0.3, -0.25) is 4.79 Å². The van der Waals surface area contributed by atoms with Gasteiger partial charge < -0.3 is 0 Å². The molecule has 1 aromatic carbocycles. The third kappa shape index (κ3) is 4.02. The molecule has 10 heteroatoms. The van der Waals surface area contributed by atoms with Crippen molar-refractivity contribution in [3.05, 3.63) is 68.6 Å². The Morgan fingerprint density at radius 2 is 1.96 bits per heavy atom. The van der Waals surface area contributed by atoms with Gasteiger partial charge in [0.25, 0.3) is 5.91 Å². The van der Waals surface area contributed by atoms with Gasteiger partial charge in [0.2, 0.25) is 0 Å². The average Bonchev–Trinajstić information content (AvgIpc) is 3.21. The second-order valence-electron chi connectivity index (χ2n) is 4.99. The summed E-state index contributed by atoms with van der Waals surface area (Å²) in [6.45, 7) is 0. The zero-order valence-corrected chi connectivity index (χ0v) is 15.3. The minimum atomic E-state index is -4.76. The number of aromatic nitrogens is 2. The highest BCUT2D eigenvalue weighted by Gasteiger charge is 2.40. The molecule has 3 rings (SSSR count). The van der Waals surface area contributed by atoms with Crippen LogP contribution < -0.4 is 5.43 Å². The standard InChI is InChI=1S/C16H10BrF3N4OS/c17-13-7-6-11(26-13)8-21-23-15(25)12-9-22-24(14(12)16(18,19)20)10-4-2-1-3-5-10/h1-9H,(H,23,25)/b21-8+. The summed E-state index contributed by atoms with van der Waals surface area (Å²) in [6, 6.07) is 11.3. The predicted octanol–water partition coefficient (Wildman–Crippen LogP) is 4.48. The summed E-state index contributed by atoms with van der Waals surface area (Å²) >= 11 is 4.64. The van der Waals surface area contributed by atoms with Gasteiger partial charge in [-0.05, 0) is 40.2 Å². The first-order valence-corrected chi connectivity index (χ1v) is 8.76. The number of hydrogen-bond acceptors (Lipinski definition) is 4. The topological polar surface area (TPSA) is 59.3 Å². The van der Waals surface area contributed by atoms with E-state index in [2.05, 4.69) is 31.6 Å². The Labute approximate surface area is 158 Å². The maximum Gasteiger partial charge on any atom is 0.434 e. The summed E-state index contributed by atoms with van der Waals surface area (Å²) in [4.78, 5) is 12.9. The first kappa shape index (κ1) is 18.3. The summed E-state index contributed by atoms with van der Waals surface area (Å²) in [7, 11) is 0. The quantitative estimate of drug-likeness (QED) is 0.478. The Hall–Kier alpha value is -2.46. The van der Waals surface area contributed by atoms with E-state index >= 15 is 0 Å². The lowest BCUT2D eigenvalue weighted by molar-refractivity contribution is -0.143. The minimum absolute atomic E-state index is 0.200. The molecule has 0 aliphatic carbocycles.